The minimum atomic E-state index is -0.914. The van der Waals surface area contributed by atoms with Gasteiger partial charge in [-0.05, 0) is 55.1 Å². The number of aromatic nitrogens is 1. The molecule has 3 aliphatic heterocycles. The second-order valence-electron chi connectivity index (χ2n) is 11.8. The van der Waals surface area contributed by atoms with Gasteiger partial charge in [-0.25, -0.2) is 9.37 Å². The van der Waals surface area contributed by atoms with Crippen LogP contribution in [0, 0.1) is 11.3 Å². The molecule has 1 aromatic heterocycles. The highest BCUT2D eigenvalue weighted by Gasteiger charge is 2.49. The lowest BCUT2D eigenvalue weighted by atomic mass is 9.92. The van der Waals surface area contributed by atoms with Gasteiger partial charge in [-0.15, -0.1) is 0 Å². The normalized spacial score (nSPS) is 23.1. The second-order valence-corrected chi connectivity index (χ2v) is 12.6. The number of anilines is 1. The van der Waals surface area contributed by atoms with Crippen LogP contribution < -0.4 is 9.64 Å². The Morgan fingerprint density at radius 2 is 1.95 bits per heavy atom. The number of ether oxygens (including phenoxy) is 1. The van der Waals surface area contributed by atoms with E-state index in [0.29, 0.717) is 52.9 Å². The number of fused-ring (bicyclic) bond motifs is 3. The van der Waals surface area contributed by atoms with E-state index in [1.807, 2.05) is 65.4 Å². The van der Waals surface area contributed by atoms with Crippen molar-refractivity contribution in [1.82, 2.24) is 14.8 Å². The zero-order valence-electron chi connectivity index (χ0n) is 24.1. The number of pyridine rings is 1. The van der Waals surface area contributed by atoms with Gasteiger partial charge in [0, 0.05) is 52.1 Å². The molecule has 0 N–H and O–H groups in total. The van der Waals surface area contributed by atoms with Gasteiger partial charge in [0.15, 0.2) is 0 Å². The van der Waals surface area contributed by atoms with Gasteiger partial charge < -0.3 is 14.5 Å². The average Bonchev–Trinajstić information content (AvgIpc) is 3.51. The Kier molecular flexibility index (Phi) is 7.36. The summed E-state index contributed by atoms with van der Waals surface area (Å²) in [6.45, 7) is 5.39. The lowest BCUT2D eigenvalue weighted by Crippen LogP contribution is -2.63. The van der Waals surface area contributed by atoms with Crippen LogP contribution in [0.25, 0.3) is 32.8 Å². The lowest BCUT2D eigenvalue weighted by molar-refractivity contribution is -0.127. The zero-order chi connectivity index (χ0) is 30.7. The summed E-state index contributed by atoms with van der Waals surface area (Å²) >= 11 is 13.7. The molecule has 224 valence electrons. The number of nitrogens with zero attached hydrogens (tertiary/aromatic N) is 5. The van der Waals surface area contributed by atoms with Crippen LogP contribution >= 0.6 is 23.2 Å². The molecule has 10 heteroatoms. The Bertz CT molecular complexity index is 1870. The van der Waals surface area contributed by atoms with E-state index in [0.717, 1.165) is 33.7 Å². The molecule has 3 aliphatic rings. The molecule has 0 aliphatic carbocycles. The number of amides is 1. The summed E-state index contributed by atoms with van der Waals surface area (Å²) in [5.41, 5.74) is 3.23. The number of hydrogen-bond donors (Lipinski definition) is 0. The highest BCUT2D eigenvalue weighted by atomic mass is 35.5. The standard InChI is InChI=1S/C34H30Cl2FN5O2/c1-3-31(43)41-11-10-29-30(41)17-42(29)33-24-13-27(36)23(22-8-4-6-19-7-5-9-26(35)32(19)22)14-28(24)39-34(25(33)15-38)44-18-21-12-20(37)16-40(21)2/h3-9,13-14,20-21,29-30H,1,10-12,16-18H2,2H3/t20-,21+,29-,30-/m1/s1. The number of hydrogen-bond acceptors (Lipinski definition) is 6. The maximum absolute atomic E-state index is 14.1. The summed E-state index contributed by atoms with van der Waals surface area (Å²) in [4.78, 5) is 23.3. The number of likely N-dealkylation sites (tertiary alicyclic amines) is 2. The second kappa shape index (κ2) is 11.2. The number of carbonyl (C=O) groups is 1. The molecule has 3 saturated heterocycles. The predicted molar refractivity (Wildman–Crippen MR) is 172 cm³/mol. The summed E-state index contributed by atoms with van der Waals surface area (Å²) in [5, 5.41) is 14.2. The van der Waals surface area contributed by atoms with E-state index in [4.69, 9.17) is 32.9 Å². The molecule has 4 heterocycles. The molecule has 4 atom stereocenters. The van der Waals surface area contributed by atoms with E-state index in [2.05, 4.69) is 17.5 Å². The van der Waals surface area contributed by atoms with Crippen LogP contribution in [0.3, 0.4) is 0 Å². The van der Waals surface area contributed by atoms with Crippen molar-refractivity contribution in [2.75, 3.05) is 38.2 Å². The van der Waals surface area contributed by atoms with E-state index in [9.17, 15) is 14.4 Å². The summed E-state index contributed by atoms with van der Waals surface area (Å²) in [6.07, 6.45) is 1.56. The van der Waals surface area contributed by atoms with Gasteiger partial charge in [0.1, 0.15) is 24.4 Å². The van der Waals surface area contributed by atoms with Crippen LogP contribution in [0.2, 0.25) is 10.0 Å². The molecule has 3 aromatic carbocycles. The quantitative estimate of drug-likeness (QED) is 0.223. The van der Waals surface area contributed by atoms with Crippen molar-refractivity contribution in [3.63, 3.8) is 0 Å². The molecule has 0 bridgehead atoms. The van der Waals surface area contributed by atoms with Crippen molar-refractivity contribution in [2.45, 2.75) is 37.1 Å². The molecule has 0 radical (unpaired) electrons. The van der Waals surface area contributed by atoms with Gasteiger partial charge in [0.05, 0.1) is 23.3 Å². The monoisotopic (exact) mass is 629 g/mol. The van der Waals surface area contributed by atoms with Crippen molar-refractivity contribution in [1.29, 1.82) is 5.26 Å². The number of halogens is 3. The maximum atomic E-state index is 14.1. The molecule has 0 unspecified atom stereocenters. The van der Waals surface area contributed by atoms with E-state index in [-0.39, 0.29) is 36.5 Å². The number of benzene rings is 3. The maximum Gasteiger partial charge on any atom is 0.246 e. The minimum Gasteiger partial charge on any atom is -0.475 e. The van der Waals surface area contributed by atoms with Gasteiger partial charge in [-0.1, -0.05) is 60.1 Å². The molecule has 0 spiro atoms. The summed E-state index contributed by atoms with van der Waals surface area (Å²) in [5.74, 6) is 0.116. The predicted octanol–water partition coefficient (Wildman–Crippen LogP) is 6.63. The summed E-state index contributed by atoms with van der Waals surface area (Å²) < 4.78 is 20.4. The average molecular weight is 631 g/mol. The van der Waals surface area contributed by atoms with Crippen LogP contribution in [0.4, 0.5) is 10.1 Å². The molecular formula is C34H30Cl2FN5O2. The fraction of sp³-hybridized carbons (Fsp3) is 0.324. The topological polar surface area (TPSA) is 72.7 Å². The van der Waals surface area contributed by atoms with E-state index >= 15 is 0 Å². The van der Waals surface area contributed by atoms with Gasteiger partial charge in [0.25, 0.3) is 0 Å². The van der Waals surface area contributed by atoms with E-state index in [1.165, 1.54) is 6.08 Å². The third kappa shape index (κ3) is 4.66. The SMILES string of the molecule is C=CC(=O)N1CC[C@@H]2[C@H]1CN2c1c(C#N)c(OC[C@@H]2C[C@@H](F)CN2C)nc2cc(-c3cccc4cccc(Cl)c34)c(Cl)cc12. The highest BCUT2D eigenvalue weighted by molar-refractivity contribution is 6.38. The van der Waals surface area contributed by atoms with Crippen molar-refractivity contribution in [3.8, 4) is 23.1 Å². The highest BCUT2D eigenvalue weighted by Crippen LogP contribution is 2.46. The lowest BCUT2D eigenvalue weighted by Gasteiger charge is -2.48. The first-order chi connectivity index (χ1) is 21.3. The van der Waals surface area contributed by atoms with Crippen LogP contribution in [-0.4, -0.2) is 78.3 Å². The smallest absolute Gasteiger partial charge is 0.246 e. The van der Waals surface area contributed by atoms with Crippen LogP contribution in [-0.2, 0) is 4.79 Å². The van der Waals surface area contributed by atoms with Gasteiger partial charge >= 0.3 is 0 Å². The number of likely N-dealkylation sites (N-methyl/N-ethyl adjacent to an activating group) is 1. The summed E-state index contributed by atoms with van der Waals surface area (Å²) in [7, 11) is 1.87. The minimum absolute atomic E-state index is 0.0285. The molecule has 1 amide bonds. The molecular weight excluding hydrogens is 600 g/mol. The molecule has 4 aromatic rings. The van der Waals surface area contributed by atoms with Crippen molar-refractivity contribution >= 4 is 56.5 Å². The Labute approximate surface area is 265 Å². The number of rotatable bonds is 6. The van der Waals surface area contributed by atoms with Gasteiger partial charge in [-0.2, -0.15) is 5.26 Å². The van der Waals surface area contributed by atoms with Gasteiger partial charge in [-0.3, -0.25) is 9.69 Å². The van der Waals surface area contributed by atoms with E-state index in [1.54, 1.807) is 0 Å². The van der Waals surface area contributed by atoms with Crippen LogP contribution in [0.5, 0.6) is 5.88 Å². The van der Waals surface area contributed by atoms with Gasteiger partial charge in [0.2, 0.25) is 11.8 Å². The third-order valence-electron chi connectivity index (χ3n) is 9.36. The van der Waals surface area contributed by atoms with E-state index < -0.39 is 6.17 Å². The first-order valence-corrected chi connectivity index (χ1v) is 15.5. The summed E-state index contributed by atoms with van der Waals surface area (Å²) in [6, 6.07) is 17.8. The molecule has 7 rings (SSSR count). The Balaban J connectivity index is 1.37. The largest absolute Gasteiger partial charge is 0.475 e. The Morgan fingerprint density at radius 3 is 2.68 bits per heavy atom. The third-order valence-corrected chi connectivity index (χ3v) is 9.99. The number of carbonyl (C=O) groups excluding carboxylic acids is 1. The fourth-order valence-electron chi connectivity index (χ4n) is 7.12. The van der Waals surface area contributed by atoms with Crippen molar-refractivity contribution in [2.24, 2.45) is 0 Å². The Hall–Kier alpha value is -3.90. The van der Waals surface area contributed by atoms with Crippen molar-refractivity contribution in [3.05, 3.63) is 76.8 Å². The molecule has 3 fully saturated rings. The fourth-order valence-corrected chi connectivity index (χ4v) is 7.67. The molecule has 0 saturated carbocycles. The van der Waals surface area contributed by atoms with Crippen LogP contribution in [0.15, 0.2) is 61.2 Å². The molecule has 7 nitrogen and oxygen atoms in total. The number of nitriles is 1. The van der Waals surface area contributed by atoms with Crippen LogP contribution in [0.1, 0.15) is 18.4 Å². The number of alkyl halides is 1. The molecule has 44 heavy (non-hydrogen) atoms. The first-order valence-electron chi connectivity index (χ1n) is 14.7. The first kappa shape index (κ1) is 28.8. The Morgan fingerprint density at radius 1 is 1.16 bits per heavy atom. The zero-order valence-corrected chi connectivity index (χ0v) is 25.7. The van der Waals surface area contributed by atoms with Crippen molar-refractivity contribution < 1.29 is 13.9 Å².